The largest absolute Gasteiger partial charge is 0.496 e. The molecule has 2 rings (SSSR count). The first kappa shape index (κ1) is 15.8. The molecule has 4 nitrogen and oxygen atoms in total. The molecule has 0 amide bonds. The normalized spacial score (nSPS) is 22.5. The Kier molecular flexibility index (Phi) is 5.63. The zero-order chi connectivity index (χ0) is 15.2. The van der Waals surface area contributed by atoms with Crippen LogP contribution < -0.4 is 10.5 Å². The van der Waals surface area contributed by atoms with Crippen molar-refractivity contribution in [3.05, 3.63) is 29.3 Å². The Labute approximate surface area is 127 Å². The zero-order valence-electron chi connectivity index (χ0n) is 13.1. The first-order valence-electron chi connectivity index (χ1n) is 7.36. The quantitative estimate of drug-likeness (QED) is 0.859. The van der Waals surface area contributed by atoms with E-state index in [2.05, 4.69) is 36.7 Å². The van der Waals surface area contributed by atoms with Crippen LogP contribution in [0.15, 0.2) is 18.2 Å². The lowest BCUT2D eigenvalue weighted by Gasteiger charge is -2.35. The van der Waals surface area contributed by atoms with E-state index >= 15 is 0 Å². The van der Waals surface area contributed by atoms with Gasteiger partial charge in [-0.3, -0.25) is 4.90 Å². The second kappa shape index (κ2) is 7.46. The number of morpholine rings is 1. The summed E-state index contributed by atoms with van der Waals surface area (Å²) in [5, 5.41) is 0. The van der Waals surface area contributed by atoms with Crippen LogP contribution in [0.25, 0.3) is 0 Å². The fourth-order valence-electron chi connectivity index (χ4n) is 2.79. The summed E-state index contributed by atoms with van der Waals surface area (Å²) in [6.07, 6.45) is 0.528. The molecule has 0 saturated carbocycles. The lowest BCUT2D eigenvalue weighted by molar-refractivity contribution is -0.0706. The minimum absolute atomic E-state index is 0.264. The minimum atomic E-state index is 0.264. The second-order valence-electron chi connectivity index (χ2n) is 5.48. The summed E-state index contributed by atoms with van der Waals surface area (Å²) in [4.78, 5) is 2.40. The third-order valence-electron chi connectivity index (χ3n) is 3.50. The summed E-state index contributed by atoms with van der Waals surface area (Å²) in [6, 6.07) is 6.03. The van der Waals surface area contributed by atoms with Gasteiger partial charge in [-0.1, -0.05) is 11.8 Å². The molecule has 2 atom stereocenters. The van der Waals surface area contributed by atoms with Gasteiger partial charge in [-0.25, -0.2) is 0 Å². The van der Waals surface area contributed by atoms with Crippen molar-refractivity contribution in [2.24, 2.45) is 5.73 Å². The van der Waals surface area contributed by atoms with Gasteiger partial charge in [-0.15, -0.1) is 0 Å². The minimum Gasteiger partial charge on any atom is -0.496 e. The number of rotatable bonds is 3. The standard InChI is InChI=1S/C17H24N2O2/c1-13-10-19(11-14(2)21-13)12-16-9-15(5-4-8-18)6-7-17(16)20-3/h6-7,9,13-14H,8,10-12,18H2,1-3H3/t13-,14+. The van der Waals surface area contributed by atoms with E-state index < -0.39 is 0 Å². The number of benzene rings is 1. The van der Waals surface area contributed by atoms with Crippen molar-refractivity contribution >= 4 is 0 Å². The van der Waals surface area contributed by atoms with Gasteiger partial charge in [0.25, 0.3) is 0 Å². The van der Waals surface area contributed by atoms with E-state index in [1.54, 1.807) is 7.11 Å². The van der Waals surface area contributed by atoms with Crippen molar-refractivity contribution in [1.82, 2.24) is 4.90 Å². The molecule has 0 aromatic heterocycles. The molecule has 0 spiro atoms. The predicted molar refractivity (Wildman–Crippen MR) is 84.2 cm³/mol. The topological polar surface area (TPSA) is 47.7 Å². The van der Waals surface area contributed by atoms with E-state index in [9.17, 15) is 0 Å². The summed E-state index contributed by atoms with van der Waals surface area (Å²) >= 11 is 0. The molecule has 114 valence electrons. The van der Waals surface area contributed by atoms with Crippen LogP contribution in [0, 0.1) is 11.8 Å². The summed E-state index contributed by atoms with van der Waals surface area (Å²) in [7, 11) is 1.70. The third kappa shape index (κ3) is 4.47. The molecule has 1 aliphatic rings. The number of hydrogen-bond donors (Lipinski definition) is 1. The van der Waals surface area contributed by atoms with Crippen LogP contribution in [0.4, 0.5) is 0 Å². The molecule has 2 N–H and O–H groups in total. The van der Waals surface area contributed by atoms with Gasteiger partial charge in [-0.05, 0) is 32.0 Å². The highest BCUT2D eigenvalue weighted by molar-refractivity contribution is 5.44. The highest BCUT2D eigenvalue weighted by atomic mass is 16.5. The van der Waals surface area contributed by atoms with E-state index in [0.29, 0.717) is 6.54 Å². The molecule has 1 saturated heterocycles. The SMILES string of the molecule is COc1ccc(C#CCN)cc1CN1C[C@@H](C)O[C@@H](C)C1. The van der Waals surface area contributed by atoms with Gasteiger partial charge in [0.2, 0.25) is 0 Å². The van der Waals surface area contributed by atoms with E-state index in [1.807, 2.05) is 12.1 Å². The van der Waals surface area contributed by atoms with Crippen molar-refractivity contribution in [1.29, 1.82) is 0 Å². The molecule has 0 aliphatic carbocycles. The van der Waals surface area contributed by atoms with Crippen LogP contribution >= 0.6 is 0 Å². The van der Waals surface area contributed by atoms with Crippen LogP contribution in [-0.2, 0) is 11.3 Å². The number of nitrogens with zero attached hydrogens (tertiary/aromatic N) is 1. The molecule has 1 heterocycles. The molecule has 0 bridgehead atoms. The summed E-state index contributed by atoms with van der Waals surface area (Å²) in [5.41, 5.74) is 7.56. The maximum atomic E-state index is 5.78. The number of ether oxygens (including phenoxy) is 2. The van der Waals surface area contributed by atoms with Crippen LogP contribution in [-0.4, -0.2) is 43.9 Å². The molecule has 4 heteroatoms. The Hall–Kier alpha value is -1.54. The predicted octanol–water partition coefficient (Wildman–Crippen LogP) is 1.61. The molecular formula is C17H24N2O2. The molecule has 0 radical (unpaired) electrons. The van der Waals surface area contributed by atoms with Crippen LogP contribution in [0.5, 0.6) is 5.75 Å². The van der Waals surface area contributed by atoms with Gasteiger partial charge in [0, 0.05) is 30.8 Å². The van der Waals surface area contributed by atoms with Gasteiger partial charge < -0.3 is 15.2 Å². The molecule has 1 aromatic rings. The van der Waals surface area contributed by atoms with E-state index in [1.165, 1.54) is 0 Å². The maximum absolute atomic E-state index is 5.78. The Bertz CT molecular complexity index is 523. The fourth-order valence-corrected chi connectivity index (χ4v) is 2.79. The Morgan fingerprint density at radius 3 is 2.67 bits per heavy atom. The molecule has 21 heavy (non-hydrogen) atoms. The van der Waals surface area contributed by atoms with Gasteiger partial charge in [-0.2, -0.15) is 0 Å². The average molecular weight is 288 g/mol. The van der Waals surface area contributed by atoms with Crippen LogP contribution in [0.3, 0.4) is 0 Å². The van der Waals surface area contributed by atoms with Crippen LogP contribution in [0.2, 0.25) is 0 Å². The summed E-state index contributed by atoms with van der Waals surface area (Å²) in [6.45, 7) is 7.32. The lowest BCUT2D eigenvalue weighted by atomic mass is 10.1. The maximum Gasteiger partial charge on any atom is 0.123 e. The smallest absolute Gasteiger partial charge is 0.123 e. The number of methoxy groups -OCH3 is 1. The summed E-state index contributed by atoms with van der Waals surface area (Å²) < 4.78 is 11.2. The van der Waals surface area contributed by atoms with E-state index in [-0.39, 0.29) is 12.2 Å². The van der Waals surface area contributed by atoms with E-state index in [0.717, 1.165) is 36.5 Å². The lowest BCUT2D eigenvalue weighted by Crippen LogP contribution is -2.44. The average Bonchev–Trinajstić information content (AvgIpc) is 2.44. The highest BCUT2D eigenvalue weighted by Gasteiger charge is 2.22. The van der Waals surface area contributed by atoms with Crippen molar-refractivity contribution in [2.75, 3.05) is 26.7 Å². The van der Waals surface area contributed by atoms with Gasteiger partial charge in [0.1, 0.15) is 5.75 Å². The number of hydrogen-bond acceptors (Lipinski definition) is 4. The van der Waals surface area contributed by atoms with Gasteiger partial charge in [0.15, 0.2) is 0 Å². The zero-order valence-corrected chi connectivity index (χ0v) is 13.1. The first-order chi connectivity index (χ1) is 10.1. The van der Waals surface area contributed by atoms with E-state index in [4.69, 9.17) is 15.2 Å². The van der Waals surface area contributed by atoms with Crippen molar-refractivity contribution in [3.63, 3.8) is 0 Å². The molecule has 1 aliphatic heterocycles. The molecule has 1 aromatic carbocycles. The second-order valence-corrected chi connectivity index (χ2v) is 5.48. The fraction of sp³-hybridized carbons (Fsp3) is 0.529. The van der Waals surface area contributed by atoms with Crippen LogP contribution in [0.1, 0.15) is 25.0 Å². The molecule has 0 unspecified atom stereocenters. The summed E-state index contributed by atoms with van der Waals surface area (Å²) in [5.74, 6) is 6.87. The Balaban J connectivity index is 2.16. The third-order valence-corrected chi connectivity index (χ3v) is 3.50. The molecular weight excluding hydrogens is 264 g/mol. The van der Waals surface area contributed by atoms with Gasteiger partial charge in [0.05, 0.1) is 25.9 Å². The first-order valence-corrected chi connectivity index (χ1v) is 7.36. The number of nitrogens with two attached hydrogens (primary N) is 1. The van der Waals surface area contributed by atoms with Crippen molar-refractivity contribution in [3.8, 4) is 17.6 Å². The Morgan fingerprint density at radius 1 is 1.33 bits per heavy atom. The highest BCUT2D eigenvalue weighted by Crippen LogP contribution is 2.23. The van der Waals surface area contributed by atoms with Gasteiger partial charge >= 0.3 is 0 Å². The molecule has 1 fully saturated rings. The van der Waals surface area contributed by atoms with Crippen molar-refractivity contribution < 1.29 is 9.47 Å². The van der Waals surface area contributed by atoms with Crippen molar-refractivity contribution in [2.45, 2.75) is 32.6 Å². The monoisotopic (exact) mass is 288 g/mol. The Morgan fingerprint density at radius 2 is 2.05 bits per heavy atom.